The number of rotatable bonds is 6. The zero-order valence-electron chi connectivity index (χ0n) is 21.9. The van der Waals surface area contributed by atoms with Crippen molar-refractivity contribution in [2.45, 2.75) is 87.3 Å². The Balaban J connectivity index is 1.45. The minimum atomic E-state index is -2.03. The Bertz CT molecular complexity index is 1050. The number of carbonyl (C=O) groups excluding carboxylic acids is 1. The molecule has 2 aliphatic heterocycles. The van der Waals surface area contributed by atoms with Gasteiger partial charge in [-0.1, -0.05) is 67.6 Å². The van der Waals surface area contributed by atoms with E-state index in [-0.39, 0.29) is 18.4 Å². The van der Waals surface area contributed by atoms with Gasteiger partial charge in [-0.3, -0.25) is 4.79 Å². The number of benzene rings is 2. The summed E-state index contributed by atoms with van der Waals surface area (Å²) in [6, 6.07) is 17.5. The van der Waals surface area contributed by atoms with Crippen LogP contribution in [0.25, 0.3) is 0 Å². The SMILES string of the molecule is CC[C@@H]1[C@H](O)[C@H](NC)C2O[C@]3(O)C(OC2[C@@H]1O)O[C@H](C)C[C@H]3NC(=O)C(c1ccccc1)c1ccccc1. The molecule has 0 aromatic heterocycles. The molecular formula is C29H38N2O7. The molecule has 3 aliphatic rings. The van der Waals surface area contributed by atoms with Crippen LogP contribution in [0.4, 0.5) is 0 Å². The first-order valence-electron chi connectivity index (χ1n) is 13.4. The molecule has 5 rings (SSSR count). The van der Waals surface area contributed by atoms with Crippen molar-refractivity contribution in [2.24, 2.45) is 5.92 Å². The molecule has 0 spiro atoms. The number of nitrogens with one attached hydrogen (secondary N) is 2. The molecule has 0 radical (unpaired) electrons. The third-order valence-corrected chi connectivity index (χ3v) is 8.27. The van der Waals surface area contributed by atoms with Crippen molar-refractivity contribution in [3.05, 3.63) is 71.8 Å². The minimum absolute atomic E-state index is 0.280. The average molecular weight is 527 g/mol. The second kappa shape index (κ2) is 11.0. The highest BCUT2D eigenvalue weighted by Gasteiger charge is 2.63. The Morgan fingerprint density at radius 3 is 2.16 bits per heavy atom. The molecule has 1 amide bonds. The Hall–Kier alpha value is -2.37. The number of carbonyl (C=O) groups is 1. The van der Waals surface area contributed by atoms with Crippen LogP contribution in [0.2, 0.25) is 0 Å². The second-order valence-corrected chi connectivity index (χ2v) is 10.6. The lowest BCUT2D eigenvalue weighted by molar-refractivity contribution is -0.450. The zero-order chi connectivity index (χ0) is 27.0. The van der Waals surface area contributed by atoms with Gasteiger partial charge in [-0.2, -0.15) is 0 Å². The predicted octanol–water partition coefficient (Wildman–Crippen LogP) is 1.26. The number of aliphatic hydroxyl groups is 3. The molecule has 10 atom stereocenters. The molecular weight excluding hydrogens is 488 g/mol. The Morgan fingerprint density at radius 1 is 1.00 bits per heavy atom. The molecule has 2 aromatic carbocycles. The fourth-order valence-corrected chi connectivity index (χ4v) is 6.28. The summed E-state index contributed by atoms with van der Waals surface area (Å²) in [5, 5.41) is 40.0. The summed E-state index contributed by atoms with van der Waals surface area (Å²) in [6.45, 7) is 3.73. The summed E-state index contributed by atoms with van der Waals surface area (Å²) < 4.78 is 18.4. The number of likely N-dealkylation sites (N-methyl/N-ethyl adjacent to an activating group) is 1. The summed E-state index contributed by atoms with van der Waals surface area (Å²) in [7, 11) is 1.69. The molecule has 3 unspecified atom stereocenters. The maximum absolute atomic E-state index is 13.9. The van der Waals surface area contributed by atoms with Crippen molar-refractivity contribution in [1.82, 2.24) is 10.6 Å². The molecule has 1 saturated carbocycles. The van der Waals surface area contributed by atoms with Gasteiger partial charge in [-0.25, -0.2) is 0 Å². The molecule has 1 aliphatic carbocycles. The first kappa shape index (κ1) is 27.2. The molecule has 0 bridgehead atoms. The lowest BCUT2D eigenvalue weighted by Gasteiger charge is -2.58. The third kappa shape index (κ3) is 4.77. The maximum Gasteiger partial charge on any atom is 0.239 e. The number of hydrogen-bond acceptors (Lipinski definition) is 8. The summed E-state index contributed by atoms with van der Waals surface area (Å²) in [6.07, 6.45) is -4.39. The van der Waals surface area contributed by atoms with E-state index in [1.165, 1.54) is 0 Å². The molecule has 38 heavy (non-hydrogen) atoms. The number of fused-ring (bicyclic) bond motifs is 2. The van der Waals surface area contributed by atoms with Crippen LogP contribution in [0.3, 0.4) is 0 Å². The van der Waals surface area contributed by atoms with Gasteiger partial charge >= 0.3 is 0 Å². The smallest absolute Gasteiger partial charge is 0.239 e. The van der Waals surface area contributed by atoms with Crippen LogP contribution in [0.15, 0.2) is 60.7 Å². The van der Waals surface area contributed by atoms with Crippen molar-refractivity contribution in [3.63, 3.8) is 0 Å². The van der Waals surface area contributed by atoms with Crippen LogP contribution in [0, 0.1) is 5.92 Å². The summed E-state index contributed by atoms with van der Waals surface area (Å²) in [4.78, 5) is 13.9. The van der Waals surface area contributed by atoms with Crippen molar-refractivity contribution >= 4 is 5.91 Å². The average Bonchev–Trinajstić information content (AvgIpc) is 2.91. The molecule has 2 aromatic rings. The molecule has 9 heteroatoms. The van der Waals surface area contributed by atoms with Gasteiger partial charge in [0.05, 0.1) is 36.3 Å². The first-order chi connectivity index (χ1) is 18.3. The van der Waals surface area contributed by atoms with Crippen molar-refractivity contribution in [1.29, 1.82) is 0 Å². The molecule has 3 fully saturated rings. The molecule has 206 valence electrons. The van der Waals surface area contributed by atoms with Crippen molar-refractivity contribution in [2.75, 3.05) is 7.05 Å². The van der Waals surface area contributed by atoms with E-state index in [2.05, 4.69) is 10.6 Å². The monoisotopic (exact) mass is 526 g/mol. The van der Waals surface area contributed by atoms with E-state index in [0.717, 1.165) is 11.1 Å². The number of aliphatic hydroxyl groups excluding tert-OH is 2. The van der Waals surface area contributed by atoms with E-state index in [1.807, 2.05) is 74.5 Å². The minimum Gasteiger partial charge on any atom is -0.391 e. The van der Waals surface area contributed by atoms with Crippen LogP contribution in [-0.2, 0) is 19.0 Å². The Kier molecular flexibility index (Phi) is 7.89. The van der Waals surface area contributed by atoms with E-state index in [9.17, 15) is 20.1 Å². The van der Waals surface area contributed by atoms with Crippen LogP contribution in [-0.4, -0.2) is 83.0 Å². The van der Waals surface area contributed by atoms with Gasteiger partial charge in [0.2, 0.25) is 18.0 Å². The quantitative estimate of drug-likeness (QED) is 0.381. The van der Waals surface area contributed by atoms with E-state index in [4.69, 9.17) is 14.2 Å². The summed E-state index contributed by atoms with van der Waals surface area (Å²) in [5.74, 6) is -3.37. The topological polar surface area (TPSA) is 130 Å². The van der Waals surface area contributed by atoms with E-state index in [1.54, 1.807) is 7.05 Å². The second-order valence-electron chi connectivity index (χ2n) is 10.6. The van der Waals surface area contributed by atoms with Gasteiger partial charge in [0, 0.05) is 5.92 Å². The van der Waals surface area contributed by atoms with Crippen molar-refractivity contribution < 1.29 is 34.3 Å². The highest BCUT2D eigenvalue weighted by molar-refractivity contribution is 5.87. The standard InChI is InChI=1S/C29H38N2O7/c1-4-19-23(32)22(30-3)25-26(24(19)33)37-28-29(35,38-25)20(15-16(2)36-28)31-27(34)21(17-11-7-5-8-12-17)18-13-9-6-10-14-18/h5-14,16,19-26,28,30,32-33,35H,4,15H2,1-3H3,(H,31,34)/t16-,19-,20-,22+,23+,24-,25?,26?,28?,29+/m1/s1. The third-order valence-electron chi connectivity index (χ3n) is 8.27. The lowest BCUT2D eigenvalue weighted by Crippen LogP contribution is -2.77. The van der Waals surface area contributed by atoms with E-state index in [0.29, 0.717) is 6.42 Å². The molecule has 2 saturated heterocycles. The van der Waals surface area contributed by atoms with Crippen LogP contribution in [0.1, 0.15) is 43.7 Å². The lowest BCUT2D eigenvalue weighted by atomic mass is 9.74. The van der Waals surface area contributed by atoms with Crippen LogP contribution in [0.5, 0.6) is 0 Å². The fraction of sp³-hybridized carbons (Fsp3) is 0.552. The van der Waals surface area contributed by atoms with Crippen LogP contribution >= 0.6 is 0 Å². The normalized spacial score (nSPS) is 38.8. The molecule has 5 N–H and O–H groups in total. The number of amides is 1. The highest BCUT2D eigenvalue weighted by atomic mass is 16.8. The van der Waals surface area contributed by atoms with Gasteiger partial charge in [0.25, 0.3) is 0 Å². The van der Waals surface area contributed by atoms with Crippen LogP contribution < -0.4 is 10.6 Å². The Labute approximate surface area is 223 Å². The zero-order valence-corrected chi connectivity index (χ0v) is 21.9. The van der Waals surface area contributed by atoms with Gasteiger partial charge in [-0.15, -0.1) is 0 Å². The highest BCUT2D eigenvalue weighted by Crippen LogP contribution is 2.44. The predicted molar refractivity (Wildman–Crippen MR) is 139 cm³/mol. The largest absolute Gasteiger partial charge is 0.391 e. The molecule has 9 nitrogen and oxygen atoms in total. The van der Waals surface area contributed by atoms with Gasteiger partial charge in [0.15, 0.2) is 0 Å². The number of hydrogen-bond donors (Lipinski definition) is 5. The fourth-order valence-electron chi connectivity index (χ4n) is 6.28. The van der Waals surface area contributed by atoms with Gasteiger partial charge in [0.1, 0.15) is 12.2 Å². The van der Waals surface area contributed by atoms with Gasteiger partial charge in [-0.05, 0) is 37.9 Å². The Morgan fingerprint density at radius 2 is 1.61 bits per heavy atom. The number of ether oxygens (including phenoxy) is 3. The van der Waals surface area contributed by atoms with E-state index < -0.39 is 60.4 Å². The summed E-state index contributed by atoms with van der Waals surface area (Å²) >= 11 is 0. The summed E-state index contributed by atoms with van der Waals surface area (Å²) in [5.41, 5.74) is 1.64. The van der Waals surface area contributed by atoms with E-state index >= 15 is 0 Å². The maximum atomic E-state index is 13.9. The molecule has 2 heterocycles. The van der Waals surface area contributed by atoms with Crippen molar-refractivity contribution in [3.8, 4) is 0 Å². The van der Waals surface area contributed by atoms with Gasteiger partial charge < -0.3 is 40.2 Å². The first-order valence-corrected chi connectivity index (χ1v) is 13.4.